The van der Waals surface area contributed by atoms with E-state index in [1.54, 1.807) is 0 Å². The van der Waals surface area contributed by atoms with Gasteiger partial charge in [-0.15, -0.1) is 0 Å². The summed E-state index contributed by atoms with van der Waals surface area (Å²) in [5.41, 5.74) is 0.0282. The first-order valence-electron chi connectivity index (χ1n) is 5.70. The van der Waals surface area contributed by atoms with Gasteiger partial charge in [0.1, 0.15) is 11.0 Å². The fourth-order valence-corrected chi connectivity index (χ4v) is 1.92. The Hall–Kier alpha value is -1.73. The van der Waals surface area contributed by atoms with Crippen molar-refractivity contribution in [2.75, 3.05) is 7.11 Å². The largest absolute Gasteiger partial charge is 0.418 e. The van der Waals surface area contributed by atoms with Crippen LogP contribution in [0.15, 0.2) is 30.6 Å². The van der Waals surface area contributed by atoms with E-state index in [1.807, 2.05) is 0 Å². The van der Waals surface area contributed by atoms with E-state index >= 15 is 0 Å². The summed E-state index contributed by atoms with van der Waals surface area (Å²) in [6.07, 6.45) is -4.47. The molecule has 0 aliphatic rings. The zero-order valence-corrected chi connectivity index (χ0v) is 11.4. The van der Waals surface area contributed by atoms with Crippen LogP contribution in [0.25, 0.3) is 11.3 Å². The zero-order chi connectivity index (χ0) is 15.6. The first-order chi connectivity index (χ1) is 9.82. The van der Waals surface area contributed by atoms with E-state index in [0.717, 1.165) is 25.6 Å². The molecule has 0 fully saturated rings. The van der Waals surface area contributed by atoms with Gasteiger partial charge in [-0.2, -0.15) is 13.2 Å². The maximum atomic E-state index is 13.7. The average Bonchev–Trinajstić information content (AvgIpc) is 2.39. The summed E-state index contributed by atoms with van der Waals surface area (Å²) < 4.78 is 56.2. The second-order valence-electron chi connectivity index (χ2n) is 4.12. The SMILES string of the molecule is COC(c1ccc(-c2cnc(Cl)cc2F)nc1)C(F)(F)F. The highest BCUT2D eigenvalue weighted by molar-refractivity contribution is 6.29. The van der Waals surface area contributed by atoms with Crippen molar-refractivity contribution in [2.24, 2.45) is 0 Å². The Balaban J connectivity index is 2.34. The van der Waals surface area contributed by atoms with Crippen LogP contribution in [0.2, 0.25) is 5.15 Å². The number of rotatable bonds is 3. The minimum Gasteiger partial charge on any atom is -0.367 e. The van der Waals surface area contributed by atoms with Gasteiger partial charge in [0.25, 0.3) is 0 Å². The standard InChI is InChI=1S/C13H9ClF4N2O/c1-21-12(13(16,17)18)7-2-3-10(19-5-7)8-6-20-11(14)4-9(8)15/h2-6,12H,1H3. The second kappa shape index (κ2) is 5.95. The minimum absolute atomic E-state index is 0.0237. The lowest BCUT2D eigenvalue weighted by Gasteiger charge is -2.18. The molecule has 2 rings (SSSR count). The summed E-state index contributed by atoms with van der Waals surface area (Å²) in [5.74, 6) is -0.658. The maximum Gasteiger partial charge on any atom is 0.418 e. The average molecular weight is 321 g/mol. The Bertz CT molecular complexity index is 631. The lowest BCUT2D eigenvalue weighted by Crippen LogP contribution is -2.22. The number of alkyl halides is 3. The summed E-state index contributed by atoms with van der Waals surface area (Å²) in [4.78, 5) is 7.53. The molecule has 3 nitrogen and oxygen atoms in total. The van der Waals surface area contributed by atoms with Crippen LogP contribution in [-0.2, 0) is 4.74 Å². The van der Waals surface area contributed by atoms with Gasteiger partial charge in [0, 0.05) is 31.1 Å². The van der Waals surface area contributed by atoms with Gasteiger partial charge < -0.3 is 4.74 Å². The molecule has 0 amide bonds. The van der Waals surface area contributed by atoms with Crippen molar-refractivity contribution in [1.82, 2.24) is 9.97 Å². The summed E-state index contributed by atoms with van der Waals surface area (Å²) in [6, 6.07) is 3.44. The molecule has 2 heterocycles. The van der Waals surface area contributed by atoms with Crippen molar-refractivity contribution in [3.05, 3.63) is 47.1 Å². The predicted octanol–water partition coefficient (Wildman–Crippen LogP) is 4.19. The molecular weight excluding hydrogens is 312 g/mol. The minimum atomic E-state index is -4.55. The van der Waals surface area contributed by atoms with Crippen LogP contribution >= 0.6 is 11.6 Å². The molecule has 0 spiro atoms. The third-order valence-corrected chi connectivity index (χ3v) is 2.92. The van der Waals surface area contributed by atoms with Crippen LogP contribution in [0, 0.1) is 5.82 Å². The van der Waals surface area contributed by atoms with Crippen LogP contribution in [0.5, 0.6) is 0 Å². The second-order valence-corrected chi connectivity index (χ2v) is 4.51. The smallest absolute Gasteiger partial charge is 0.367 e. The molecule has 2 aromatic heterocycles. The van der Waals surface area contributed by atoms with E-state index in [-0.39, 0.29) is 22.0 Å². The first-order valence-corrected chi connectivity index (χ1v) is 6.07. The molecule has 0 bridgehead atoms. The van der Waals surface area contributed by atoms with E-state index in [4.69, 9.17) is 11.6 Å². The molecule has 0 saturated carbocycles. The third-order valence-electron chi connectivity index (χ3n) is 2.72. The molecule has 0 aliphatic heterocycles. The van der Waals surface area contributed by atoms with Crippen LogP contribution < -0.4 is 0 Å². The molecule has 1 atom stereocenters. The number of hydrogen-bond donors (Lipinski definition) is 0. The normalized spacial score (nSPS) is 13.2. The highest BCUT2D eigenvalue weighted by Crippen LogP contribution is 2.35. The Morgan fingerprint density at radius 3 is 2.38 bits per heavy atom. The highest BCUT2D eigenvalue weighted by Gasteiger charge is 2.41. The summed E-state index contributed by atoms with van der Waals surface area (Å²) in [6.45, 7) is 0. The molecule has 8 heteroatoms. The van der Waals surface area contributed by atoms with Gasteiger partial charge in [0.15, 0.2) is 6.10 Å². The molecule has 112 valence electrons. The molecular formula is C13H9ClF4N2O. The summed E-state index contributed by atoms with van der Waals surface area (Å²) in [7, 11) is 0.953. The van der Waals surface area contributed by atoms with E-state index < -0.39 is 18.1 Å². The van der Waals surface area contributed by atoms with Gasteiger partial charge in [-0.25, -0.2) is 9.37 Å². The quantitative estimate of drug-likeness (QED) is 0.628. The third kappa shape index (κ3) is 3.48. The van der Waals surface area contributed by atoms with Crippen molar-refractivity contribution in [3.63, 3.8) is 0 Å². The summed E-state index contributed by atoms with van der Waals surface area (Å²) in [5, 5.41) is -0.0237. The predicted molar refractivity (Wildman–Crippen MR) is 68.2 cm³/mol. The number of ether oxygens (including phenoxy) is 1. The van der Waals surface area contributed by atoms with E-state index in [1.165, 1.54) is 12.1 Å². The Kier molecular flexibility index (Phi) is 4.43. The van der Waals surface area contributed by atoms with Crippen molar-refractivity contribution >= 4 is 11.6 Å². The fourth-order valence-electron chi connectivity index (χ4n) is 1.77. The molecule has 0 aromatic carbocycles. The van der Waals surface area contributed by atoms with Crippen molar-refractivity contribution < 1.29 is 22.3 Å². The lowest BCUT2D eigenvalue weighted by molar-refractivity contribution is -0.216. The zero-order valence-electron chi connectivity index (χ0n) is 10.7. The van der Waals surface area contributed by atoms with Crippen LogP contribution in [0.3, 0.4) is 0 Å². The molecule has 0 saturated heterocycles. The van der Waals surface area contributed by atoms with E-state index in [2.05, 4.69) is 14.7 Å². The first kappa shape index (κ1) is 15.7. The molecule has 0 N–H and O–H groups in total. The Morgan fingerprint density at radius 2 is 1.90 bits per heavy atom. The van der Waals surface area contributed by atoms with Gasteiger partial charge in [0.2, 0.25) is 0 Å². The molecule has 2 aromatic rings. The fraction of sp³-hybridized carbons (Fsp3) is 0.231. The van der Waals surface area contributed by atoms with Crippen molar-refractivity contribution in [2.45, 2.75) is 12.3 Å². The van der Waals surface area contributed by atoms with Gasteiger partial charge in [-0.1, -0.05) is 17.7 Å². The monoisotopic (exact) mass is 320 g/mol. The number of methoxy groups -OCH3 is 1. The number of hydrogen-bond acceptors (Lipinski definition) is 3. The Morgan fingerprint density at radius 1 is 1.19 bits per heavy atom. The summed E-state index contributed by atoms with van der Waals surface area (Å²) >= 11 is 5.53. The molecule has 1 unspecified atom stereocenters. The van der Waals surface area contributed by atoms with Crippen molar-refractivity contribution in [3.8, 4) is 11.3 Å². The lowest BCUT2D eigenvalue weighted by atomic mass is 10.1. The van der Waals surface area contributed by atoms with Gasteiger partial charge in [-0.05, 0) is 6.07 Å². The number of halogens is 5. The number of pyridine rings is 2. The van der Waals surface area contributed by atoms with Crippen molar-refractivity contribution in [1.29, 1.82) is 0 Å². The number of nitrogens with zero attached hydrogens (tertiary/aromatic N) is 2. The topological polar surface area (TPSA) is 35.0 Å². The molecule has 0 aliphatic carbocycles. The van der Waals surface area contributed by atoms with Crippen LogP contribution in [0.4, 0.5) is 17.6 Å². The molecule has 0 radical (unpaired) electrons. The van der Waals surface area contributed by atoms with Crippen LogP contribution in [0.1, 0.15) is 11.7 Å². The number of aromatic nitrogens is 2. The van der Waals surface area contributed by atoms with Crippen LogP contribution in [-0.4, -0.2) is 23.3 Å². The maximum absolute atomic E-state index is 13.7. The van der Waals surface area contributed by atoms with Gasteiger partial charge in [-0.3, -0.25) is 4.98 Å². The van der Waals surface area contributed by atoms with E-state index in [0.29, 0.717) is 0 Å². The van der Waals surface area contributed by atoms with E-state index in [9.17, 15) is 17.6 Å². The Labute approximate surface area is 122 Å². The van der Waals surface area contributed by atoms with Gasteiger partial charge >= 0.3 is 6.18 Å². The van der Waals surface area contributed by atoms with Gasteiger partial charge in [0.05, 0.1) is 11.3 Å². The molecule has 21 heavy (non-hydrogen) atoms. The highest BCUT2D eigenvalue weighted by atomic mass is 35.5.